The smallest absolute Gasteiger partial charge is 0.334 e. The Bertz CT molecular complexity index is 817. The van der Waals surface area contributed by atoms with Crippen LogP contribution in [0.1, 0.15) is 43.9 Å². The third kappa shape index (κ3) is 4.22. The number of hydrogen-bond acceptors (Lipinski definition) is 4. The molecule has 0 amide bonds. The van der Waals surface area contributed by atoms with Crippen molar-refractivity contribution >= 4 is 23.2 Å². The standard InChI is InChI=1S/C21H28N4O2/c1-4-14-13-16(9-12-18(14)24-6-3)21(5-2,20(26)27)25-17-10-7-15(8-11-17)19(22)23/h7-13,24-25H,4-6H2,1-3H3,(H3,22,23)(H,26,27). The van der Waals surface area contributed by atoms with Crippen LogP contribution in [0.3, 0.4) is 0 Å². The molecule has 144 valence electrons. The van der Waals surface area contributed by atoms with Crippen molar-refractivity contribution in [3.8, 4) is 0 Å². The van der Waals surface area contributed by atoms with E-state index in [1.165, 1.54) is 0 Å². The Labute approximate surface area is 160 Å². The summed E-state index contributed by atoms with van der Waals surface area (Å²) in [7, 11) is 0. The van der Waals surface area contributed by atoms with Crippen LogP contribution in [0, 0.1) is 5.41 Å². The molecule has 27 heavy (non-hydrogen) atoms. The second-order valence-corrected chi connectivity index (χ2v) is 6.44. The van der Waals surface area contributed by atoms with Gasteiger partial charge in [0.15, 0.2) is 5.54 Å². The number of aliphatic carboxylic acids is 1. The van der Waals surface area contributed by atoms with E-state index in [1.54, 1.807) is 24.3 Å². The average molecular weight is 368 g/mol. The zero-order valence-electron chi connectivity index (χ0n) is 16.1. The lowest BCUT2D eigenvalue weighted by Gasteiger charge is -2.32. The van der Waals surface area contributed by atoms with Crippen molar-refractivity contribution in [1.29, 1.82) is 5.41 Å². The summed E-state index contributed by atoms with van der Waals surface area (Å²) in [5.74, 6) is -0.952. The zero-order chi connectivity index (χ0) is 20.0. The van der Waals surface area contributed by atoms with Crippen LogP contribution >= 0.6 is 0 Å². The first-order valence-corrected chi connectivity index (χ1v) is 9.21. The molecule has 6 nitrogen and oxygen atoms in total. The van der Waals surface area contributed by atoms with E-state index in [1.807, 2.05) is 32.0 Å². The molecular weight excluding hydrogens is 340 g/mol. The monoisotopic (exact) mass is 368 g/mol. The quantitative estimate of drug-likeness (QED) is 0.342. The van der Waals surface area contributed by atoms with Crippen molar-refractivity contribution in [2.45, 2.75) is 39.2 Å². The molecule has 0 saturated heterocycles. The van der Waals surface area contributed by atoms with Crippen LogP contribution < -0.4 is 16.4 Å². The minimum absolute atomic E-state index is 0.0202. The number of carboxylic acid groups (broad SMARTS) is 1. The largest absolute Gasteiger partial charge is 0.479 e. The van der Waals surface area contributed by atoms with E-state index >= 15 is 0 Å². The molecule has 0 saturated carbocycles. The summed E-state index contributed by atoms with van der Waals surface area (Å²) in [6, 6.07) is 12.7. The summed E-state index contributed by atoms with van der Waals surface area (Å²) < 4.78 is 0. The molecule has 6 N–H and O–H groups in total. The molecule has 0 fully saturated rings. The van der Waals surface area contributed by atoms with Crippen LogP contribution in [0.2, 0.25) is 0 Å². The van der Waals surface area contributed by atoms with Gasteiger partial charge in [0.05, 0.1) is 0 Å². The van der Waals surface area contributed by atoms with Gasteiger partial charge in [0, 0.05) is 23.5 Å². The fraction of sp³-hybridized carbons (Fsp3) is 0.333. The number of anilines is 2. The maximum atomic E-state index is 12.3. The third-order valence-electron chi connectivity index (χ3n) is 4.80. The van der Waals surface area contributed by atoms with Gasteiger partial charge in [0.1, 0.15) is 5.84 Å². The lowest BCUT2D eigenvalue weighted by Crippen LogP contribution is -2.43. The molecule has 0 aliphatic heterocycles. The lowest BCUT2D eigenvalue weighted by molar-refractivity contribution is -0.142. The number of aryl methyl sites for hydroxylation is 1. The number of carbonyl (C=O) groups is 1. The fourth-order valence-corrected chi connectivity index (χ4v) is 3.19. The number of rotatable bonds is 9. The number of nitrogens with one attached hydrogen (secondary N) is 3. The highest BCUT2D eigenvalue weighted by Crippen LogP contribution is 2.33. The molecule has 1 unspecified atom stereocenters. The molecule has 1 atom stereocenters. The Morgan fingerprint density at radius 2 is 1.81 bits per heavy atom. The minimum atomic E-state index is -1.24. The number of benzene rings is 2. The molecule has 0 aliphatic rings. The number of carboxylic acids is 1. The van der Waals surface area contributed by atoms with Crippen molar-refractivity contribution in [3.63, 3.8) is 0 Å². The zero-order valence-corrected chi connectivity index (χ0v) is 16.1. The summed E-state index contributed by atoms with van der Waals surface area (Å²) in [6.45, 7) is 6.76. The number of amidine groups is 1. The molecule has 0 bridgehead atoms. The van der Waals surface area contributed by atoms with Crippen LogP contribution in [0.4, 0.5) is 11.4 Å². The van der Waals surface area contributed by atoms with Crippen LogP contribution in [-0.2, 0) is 16.8 Å². The Hall–Kier alpha value is -3.02. The maximum absolute atomic E-state index is 12.3. The normalized spacial score (nSPS) is 12.9. The molecule has 2 aromatic carbocycles. The summed E-state index contributed by atoms with van der Waals surface area (Å²) in [6.07, 6.45) is 1.18. The Kier molecular flexibility index (Phi) is 6.45. The van der Waals surface area contributed by atoms with Gasteiger partial charge in [-0.05, 0) is 61.2 Å². The van der Waals surface area contributed by atoms with E-state index in [-0.39, 0.29) is 5.84 Å². The topological polar surface area (TPSA) is 111 Å². The third-order valence-corrected chi connectivity index (χ3v) is 4.80. The SMILES string of the molecule is CCNc1ccc(C(CC)(Nc2ccc(C(=N)N)cc2)C(=O)O)cc1CC. The van der Waals surface area contributed by atoms with Gasteiger partial charge < -0.3 is 21.5 Å². The van der Waals surface area contributed by atoms with Crippen molar-refractivity contribution in [1.82, 2.24) is 0 Å². The minimum Gasteiger partial charge on any atom is -0.479 e. The Balaban J connectivity index is 2.47. The highest BCUT2D eigenvalue weighted by Gasteiger charge is 2.39. The van der Waals surface area contributed by atoms with E-state index in [0.717, 1.165) is 24.2 Å². The van der Waals surface area contributed by atoms with Gasteiger partial charge in [-0.1, -0.05) is 26.0 Å². The Morgan fingerprint density at radius 1 is 1.15 bits per heavy atom. The predicted molar refractivity (Wildman–Crippen MR) is 111 cm³/mol. The van der Waals surface area contributed by atoms with E-state index in [2.05, 4.69) is 17.6 Å². The van der Waals surface area contributed by atoms with E-state index < -0.39 is 11.5 Å². The van der Waals surface area contributed by atoms with Gasteiger partial charge in [-0.15, -0.1) is 0 Å². The van der Waals surface area contributed by atoms with Gasteiger partial charge in [-0.3, -0.25) is 5.41 Å². The van der Waals surface area contributed by atoms with Crippen LogP contribution in [0.5, 0.6) is 0 Å². The van der Waals surface area contributed by atoms with Gasteiger partial charge in [-0.25, -0.2) is 4.79 Å². The number of nitrogens with two attached hydrogens (primary N) is 1. The van der Waals surface area contributed by atoms with Gasteiger partial charge in [-0.2, -0.15) is 0 Å². The number of nitrogen functional groups attached to an aromatic ring is 1. The van der Waals surface area contributed by atoms with Crippen LogP contribution in [0.25, 0.3) is 0 Å². The van der Waals surface area contributed by atoms with Crippen LogP contribution in [0.15, 0.2) is 42.5 Å². The molecule has 0 heterocycles. The first-order valence-electron chi connectivity index (χ1n) is 9.21. The molecule has 0 spiro atoms. The van der Waals surface area contributed by atoms with Crippen molar-refractivity contribution in [3.05, 3.63) is 59.2 Å². The average Bonchev–Trinajstić information content (AvgIpc) is 2.66. The van der Waals surface area contributed by atoms with Gasteiger partial charge in [0.2, 0.25) is 0 Å². The molecular formula is C21H28N4O2. The molecule has 2 rings (SSSR count). The summed E-state index contributed by atoms with van der Waals surface area (Å²) in [5.41, 5.74) is 8.34. The Morgan fingerprint density at radius 3 is 2.30 bits per heavy atom. The molecule has 6 heteroatoms. The first kappa shape index (κ1) is 20.3. The van der Waals surface area contributed by atoms with Gasteiger partial charge >= 0.3 is 5.97 Å². The molecule has 2 aromatic rings. The maximum Gasteiger partial charge on any atom is 0.334 e. The second-order valence-electron chi connectivity index (χ2n) is 6.44. The van der Waals surface area contributed by atoms with Crippen molar-refractivity contribution in [2.75, 3.05) is 17.2 Å². The van der Waals surface area contributed by atoms with E-state index in [9.17, 15) is 9.90 Å². The first-order chi connectivity index (χ1) is 12.9. The number of hydrogen-bond donors (Lipinski definition) is 5. The van der Waals surface area contributed by atoms with Gasteiger partial charge in [0.25, 0.3) is 0 Å². The summed E-state index contributed by atoms with van der Waals surface area (Å²) in [4.78, 5) is 12.3. The molecule has 0 aliphatic carbocycles. The predicted octanol–water partition coefficient (Wildman–Crippen LogP) is 3.77. The highest BCUT2D eigenvalue weighted by molar-refractivity contribution is 5.95. The van der Waals surface area contributed by atoms with E-state index in [4.69, 9.17) is 11.1 Å². The molecule has 0 radical (unpaired) electrons. The van der Waals surface area contributed by atoms with Crippen LogP contribution in [-0.4, -0.2) is 23.5 Å². The summed E-state index contributed by atoms with van der Waals surface area (Å²) >= 11 is 0. The molecule has 0 aromatic heterocycles. The van der Waals surface area contributed by atoms with Crippen molar-refractivity contribution < 1.29 is 9.90 Å². The second kappa shape index (κ2) is 8.58. The van der Waals surface area contributed by atoms with E-state index in [0.29, 0.717) is 23.2 Å². The lowest BCUT2D eigenvalue weighted by atomic mass is 9.85. The summed E-state index contributed by atoms with van der Waals surface area (Å²) in [5, 5.41) is 24.1. The highest BCUT2D eigenvalue weighted by atomic mass is 16.4. The fourth-order valence-electron chi connectivity index (χ4n) is 3.19. The van der Waals surface area contributed by atoms with Crippen molar-refractivity contribution in [2.24, 2.45) is 5.73 Å².